The third-order valence-electron chi connectivity index (χ3n) is 6.74. The predicted octanol–water partition coefficient (Wildman–Crippen LogP) is 7.18. The van der Waals surface area contributed by atoms with Crippen LogP contribution in [0.2, 0.25) is 0 Å². The lowest BCUT2D eigenvalue weighted by Gasteiger charge is -2.41. The minimum absolute atomic E-state index is 0.859. The quantitative estimate of drug-likeness (QED) is 0.173. The minimum Gasteiger partial charge on any atom is -0.324 e. The molecular weight excluding hydrogens is 328 g/mol. The predicted molar refractivity (Wildman–Crippen MR) is 124 cm³/mol. The molecule has 0 fully saturated rings. The van der Waals surface area contributed by atoms with Crippen molar-refractivity contribution < 1.29 is 4.48 Å². The van der Waals surface area contributed by atoms with Crippen molar-refractivity contribution >= 4 is 0 Å². The van der Waals surface area contributed by atoms with Crippen molar-refractivity contribution in [3.63, 3.8) is 0 Å². The van der Waals surface area contributed by atoms with Crippen LogP contribution in [0, 0.1) is 5.92 Å². The summed E-state index contributed by atoms with van der Waals surface area (Å²) in [7, 11) is 4.56. The molecule has 2 heteroatoms. The van der Waals surface area contributed by atoms with Crippen LogP contribution in [-0.4, -0.2) is 44.3 Å². The van der Waals surface area contributed by atoms with E-state index in [0.29, 0.717) is 0 Å². The van der Waals surface area contributed by atoms with E-state index in [4.69, 9.17) is 0 Å². The van der Waals surface area contributed by atoms with E-state index in [9.17, 15) is 0 Å². The molecule has 0 aromatic rings. The van der Waals surface area contributed by atoms with Gasteiger partial charge in [0.05, 0.1) is 26.2 Å². The summed E-state index contributed by atoms with van der Waals surface area (Å²) in [6, 6.07) is 0.859. The zero-order valence-electron chi connectivity index (χ0n) is 20.1. The molecule has 1 N–H and O–H groups in total. The molecule has 0 spiro atoms. The Kier molecular flexibility index (Phi) is 17.9. The summed E-state index contributed by atoms with van der Waals surface area (Å²) in [4.78, 5) is 0. The summed E-state index contributed by atoms with van der Waals surface area (Å²) in [6.45, 7) is 13.2. The van der Waals surface area contributed by atoms with Crippen molar-refractivity contribution in [2.24, 2.45) is 5.92 Å². The van der Waals surface area contributed by atoms with Crippen LogP contribution in [0.15, 0.2) is 0 Å². The van der Waals surface area contributed by atoms with Gasteiger partial charge < -0.3 is 9.80 Å². The summed E-state index contributed by atoms with van der Waals surface area (Å²) in [6.07, 6.45) is 20.1. The third kappa shape index (κ3) is 14.6. The third-order valence-corrected chi connectivity index (χ3v) is 6.74. The molecular formula is C25H55N2+. The normalized spacial score (nSPS) is 15.2. The van der Waals surface area contributed by atoms with Gasteiger partial charge in [-0.15, -0.1) is 0 Å². The van der Waals surface area contributed by atoms with Crippen LogP contribution in [0.5, 0.6) is 0 Å². The lowest BCUT2D eigenvalue weighted by atomic mass is 10.00. The number of rotatable bonds is 20. The molecule has 0 aliphatic rings. The fourth-order valence-corrected chi connectivity index (χ4v) is 4.52. The Labute approximate surface area is 173 Å². The van der Waals surface area contributed by atoms with Crippen LogP contribution in [0.25, 0.3) is 0 Å². The highest BCUT2D eigenvalue weighted by Crippen LogP contribution is 2.21. The first kappa shape index (κ1) is 26.9. The molecule has 0 aromatic heterocycles. The molecule has 0 aliphatic carbocycles. The molecule has 0 amide bonds. The summed E-state index contributed by atoms with van der Waals surface area (Å²) in [5, 5.41) is 3.31. The van der Waals surface area contributed by atoms with Gasteiger partial charge in [-0.25, -0.2) is 0 Å². The average Bonchev–Trinajstić information content (AvgIpc) is 2.65. The first-order valence-corrected chi connectivity index (χ1v) is 12.5. The van der Waals surface area contributed by atoms with E-state index >= 15 is 0 Å². The summed E-state index contributed by atoms with van der Waals surface area (Å²) in [5.74, 6) is 0.889. The molecule has 0 aliphatic heterocycles. The molecule has 2 atom stereocenters. The number of nitrogens with one attached hydrogen (secondary N) is 1. The van der Waals surface area contributed by atoms with Crippen LogP contribution in [0.3, 0.4) is 0 Å². The minimum atomic E-state index is 0.859. The van der Waals surface area contributed by atoms with E-state index in [1.54, 1.807) is 0 Å². The molecule has 2 unspecified atom stereocenters. The number of nitrogens with zero attached hydrogens (tertiary/aromatic N) is 1. The van der Waals surface area contributed by atoms with Crippen molar-refractivity contribution in [3.05, 3.63) is 0 Å². The Hall–Kier alpha value is -0.0800. The molecule has 0 rings (SSSR count). The zero-order chi connectivity index (χ0) is 20.4. The number of unbranched alkanes of at least 4 members (excludes halogenated alkanes) is 9. The van der Waals surface area contributed by atoms with Crippen LogP contribution in [0.1, 0.15) is 118 Å². The van der Waals surface area contributed by atoms with Gasteiger partial charge in [-0.05, 0) is 39.2 Å². The van der Waals surface area contributed by atoms with Crippen molar-refractivity contribution in [2.75, 3.05) is 33.7 Å². The van der Waals surface area contributed by atoms with Crippen LogP contribution in [0.4, 0.5) is 0 Å². The Morgan fingerprint density at radius 2 is 1.19 bits per heavy atom. The summed E-state index contributed by atoms with van der Waals surface area (Å²) >= 11 is 0. The van der Waals surface area contributed by atoms with Gasteiger partial charge in [0.1, 0.15) is 0 Å². The summed E-state index contributed by atoms with van der Waals surface area (Å²) in [5.41, 5.74) is 0. The fourth-order valence-electron chi connectivity index (χ4n) is 4.52. The number of quaternary nitrogens is 1. The maximum Gasteiger partial charge on any atom is 0.0885 e. The molecule has 0 saturated carbocycles. The highest BCUT2D eigenvalue weighted by Gasteiger charge is 2.28. The van der Waals surface area contributed by atoms with Crippen LogP contribution >= 0.6 is 0 Å². The van der Waals surface area contributed by atoms with E-state index in [2.05, 4.69) is 47.1 Å². The van der Waals surface area contributed by atoms with Gasteiger partial charge >= 0.3 is 0 Å². The van der Waals surface area contributed by atoms with E-state index in [0.717, 1.165) is 18.5 Å². The monoisotopic (exact) mass is 383 g/mol. The molecule has 0 bridgehead atoms. The second-order valence-corrected chi connectivity index (χ2v) is 9.55. The Morgan fingerprint density at radius 1 is 0.704 bits per heavy atom. The Bertz CT molecular complexity index is 303. The van der Waals surface area contributed by atoms with E-state index in [-0.39, 0.29) is 0 Å². The maximum atomic E-state index is 3.31. The van der Waals surface area contributed by atoms with E-state index < -0.39 is 0 Å². The van der Waals surface area contributed by atoms with Gasteiger partial charge in [0, 0.05) is 13.0 Å². The van der Waals surface area contributed by atoms with Crippen molar-refractivity contribution in [1.82, 2.24) is 5.32 Å². The largest absolute Gasteiger partial charge is 0.324 e. The SMILES string of the molecule is CCC(CCCCCCCCCCCCC(C)C)[N+](C)(CC)CCCNC. The van der Waals surface area contributed by atoms with Gasteiger partial charge in [0.25, 0.3) is 0 Å². The highest BCUT2D eigenvalue weighted by atomic mass is 15.3. The molecule has 0 radical (unpaired) electrons. The van der Waals surface area contributed by atoms with Crippen molar-refractivity contribution in [2.45, 2.75) is 124 Å². The Balaban J connectivity index is 3.68. The highest BCUT2D eigenvalue weighted by molar-refractivity contribution is 4.60. The van der Waals surface area contributed by atoms with Gasteiger partial charge in [0.15, 0.2) is 0 Å². The molecule has 0 heterocycles. The topological polar surface area (TPSA) is 12.0 Å². The zero-order valence-corrected chi connectivity index (χ0v) is 20.1. The molecule has 164 valence electrons. The van der Waals surface area contributed by atoms with E-state index in [1.165, 1.54) is 107 Å². The molecule has 0 saturated heterocycles. The lowest BCUT2D eigenvalue weighted by molar-refractivity contribution is -0.932. The van der Waals surface area contributed by atoms with E-state index in [1.807, 2.05) is 0 Å². The second-order valence-electron chi connectivity index (χ2n) is 9.55. The number of hydrogen-bond acceptors (Lipinski definition) is 1. The van der Waals surface area contributed by atoms with Crippen LogP contribution in [-0.2, 0) is 0 Å². The van der Waals surface area contributed by atoms with Crippen LogP contribution < -0.4 is 5.32 Å². The average molecular weight is 384 g/mol. The van der Waals surface area contributed by atoms with Crippen molar-refractivity contribution in [3.8, 4) is 0 Å². The van der Waals surface area contributed by atoms with Crippen molar-refractivity contribution in [1.29, 1.82) is 0 Å². The number of hydrogen-bond donors (Lipinski definition) is 1. The first-order valence-electron chi connectivity index (χ1n) is 12.5. The fraction of sp³-hybridized carbons (Fsp3) is 1.00. The lowest BCUT2D eigenvalue weighted by Crippen LogP contribution is -2.52. The maximum absolute atomic E-state index is 3.31. The smallest absolute Gasteiger partial charge is 0.0885 e. The second kappa shape index (κ2) is 18.0. The first-order chi connectivity index (χ1) is 13.0. The summed E-state index contributed by atoms with van der Waals surface area (Å²) < 4.78 is 1.27. The van der Waals surface area contributed by atoms with Gasteiger partial charge in [-0.1, -0.05) is 85.0 Å². The Morgan fingerprint density at radius 3 is 1.59 bits per heavy atom. The molecule has 0 aromatic carbocycles. The van der Waals surface area contributed by atoms with Gasteiger partial charge in [-0.3, -0.25) is 0 Å². The molecule has 2 nitrogen and oxygen atoms in total. The molecule has 27 heavy (non-hydrogen) atoms. The van der Waals surface area contributed by atoms with Gasteiger partial charge in [0.2, 0.25) is 0 Å². The standard InChI is InChI=1S/C25H55N2/c1-7-25(27(6,8-2)23-19-22-26-5)21-18-16-14-12-10-9-11-13-15-17-20-24(3)4/h24-26H,7-23H2,1-6H3/q+1. The van der Waals surface area contributed by atoms with Gasteiger partial charge in [-0.2, -0.15) is 0 Å².